The van der Waals surface area contributed by atoms with E-state index in [0.717, 1.165) is 29.2 Å². The Balaban J connectivity index is 1.99. The normalized spacial score (nSPS) is 18.5. The van der Waals surface area contributed by atoms with Crippen LogP contribution < -0.4 is 10.2 Å². The Morgan fingerprint density at radius 2 is 1.86 bits per heavy atom. The molecule has 0 radical (unpaired) electrons. The minimum Gasteiger partial charge on any atom is -0.324 e. The molecule has 2 amide bonds. The van der Waals surface area contributed by atoms with E-state index in [1.54, 1.807) is 0 Å². The van der Waals surface area contributed by atoms with Crippen molar-refractivity contribution in [3.63, 3.8) is 0 Å². The van der Waals surface area contributed by atoms with Crippen LogP contribution in [0.5, 0.6) is 0 Å². The molecule has 148 valence electrons. The topological polar surface area (TPSA) is 83.6 Å². The number of carbonyl (C=O) groups is 2. The molecule has 1 atom stereocenters. The van der Waals surface area contributed by atoms with E-state index >= 15 is 0 Å². The fourth-order valence-electron chi connectivity index (χ4n) is 2.78. The molecule has 0 aliphatic carbocycles. The van der Waals surface area contributed by atoms with E-state index in [0.29, 0.717) is 6.07 Å². The van der Waals surface area contributed by atoms with E-state index in [2.05, 4.69) is 5.32 Å². The van der Waals surface area contributed by atoms with Crippen LogP contribution in [0, 0.1) is 0 Å². The Morgan fingerprint density at radius 1 is 1.18 bits per heavy atom. The third-order valence-corrected chi connectivity index (χ3v) is 6.36. The molecule has 2 aromatic carbocycles. The van der Waals surface area contributed by atoms with Crippen molar-refractivity contribution >= 4 is 44.6 Å². The number of nitrogens with one attached hydrogen (secondary N) is 1. The van der Waals surface area contributed by atoms with Crippen molar-refractivity contribution in [2.24, 2.45) is 0 Å². The number of rotatable bonds is 2. The largest absolute Gasteiger partial charge is 0.416 e. The van der Waals surface area contributed by atoms with E-state index in [1.807, 2.05) is 0 Å². The molecular weight excluding hydrogens is 421 g/mol. The molecule has 0 saturated heterocycles. The van der Waals surface area contributed by atoms with Gasteiger partial charge in [0.1, 0.15) is 0 Å². The summed E-state index contributed by atoms with van der Waals surface area (Å²) in [5.41, 5.74) is -1.27. The molecule has 6 nitrogen and oxygen atoms in total. The zero-order valence-electron chi connectivity index (χ0n) is 14.1. The maximum absolute atomic E-state index is 12.8. The van der Waals surface area contributed by atoms with Crippen molar-refractivity contribution in [2.75, 3.05) is 17.3 Å². The van der Waals surface area contributed by atoms with E-state index in [4.69, 9.17) is 11.6 Å². The Bertz CT molecular complexity index is 1090. The third kappa shape index (κ3) is 3.45. The summed E-state index contributed by atoms with van der Waals surface area (Å²) in [6.45, 7) is 0. The van der Waals surface area contributed by atoms with Crippen LogP contribution in [0.25, 0.3) is 0 Å². The van der Waals surface area contributed by atoms with Gasteiger partial charge in [0.2, 0.25) is 15.1 Å². The van der Waals surface area contributed by atoms with Crippen LogP contribution >= 0.6 is 11.6 Å². The maximum atomic E-state index is 12.8. The minimum absolute atomic E-state index is 0.0533. The number of anilines is 2. The summed E-state index contributed by atoms with van der Waals surface area (Å²) >= 11 is 5.83. The Hall–Kier alpha value is -2.59. The first-order chi connectivity index (χ1) is 12.9. The molecule has 1 aliphatic rings. The van der Waals surface area contributed by atoms with E-state index in [1.165, 1.54) is 19.2 Å². The van der Waals surface area contributed by atoms with Gasteiger partial charge in [0.05, 0.1) is 16.1 Å². The number of sulfone groups is 1. The lowest BCUT2D eigenvalue weighted by molar-refractivity contribution is -0.137. The zero-order valence-corrected chi connectivity index (χ0v) is 15.7. The smallest absolute Gasteiger partial charge is 0.324 e. The quantitative estimate of drug-likeness (QED) is 0.739. The number of hydrogen-bond donors (Lipinski definition) is 1. The number of benzene rings is 2. The summed E-state index contributed by atoms with van der Waals surface area (Å²) in [7, 11) is -3.17. The number of alkyl halides is 3. The molecule has 1 heterocycles. The number of halogens is 4. The minimum atomic E-state index is -4.65. The molecule has 11 heteroatoms. The lowest BCUT2D eigenvalue weighted by Gasteiger charge is -2.30. The van der Waals surface area contributed by atoms with Crippen LogP contribution in [-0.4, -0.2) is 32.5 Å². The standard InChI is InChI=1S/C17H12ClF3N2O4S/c1-23-12-6-5-10(18)8-13(12)28(26,27)14(16(23)25)15(24)22-11-4-2-3-9(7-11)17(19,20)21/h2-8,14H,1H3,(H,22,24). The Kier molecular flexibility index (Phi) is 4.88. The molecule has 3 rings (SSSR count). The highest BCUT2D eigenvalue weighted by molar-refractivity contribution is 7.94. The second kappa shape index (κ2) is 6.78. The zero-order chi connectivity index (χ0) is 20.9. The lowest BCUT2D eigenvalue weighted by Crippen LogP contribution is -2.51. The van der Waals surface area contributed by atoms with Gasteiger partial charge in [-0.3, -0.25) is 9.59 Å². The number of fused-ring (bicyclic) bond motifs is 1. The van der Waals surface area contributed by atoms with Crippen molar-refractivity contribution in [2.45, 2.75) is 16.3 Å². The van der Waals surface area contributed by atoms with Crippen molar-refractivity contribution in [1.29, 1.82) is 0 Å². The second-order valence-corrected chi connectivity index (χ2v) is 8.44. The number of carbonyl (C=O) groups excluding carboxylic acids is 2. The fraction of sp³-hybridized carbons (Fsp3) is 0.176. The van der Waals surface area contributed by atoms with Gasteiger partial charge >= 0.3 is 6.18 Å². The molecule has 2 aromatic rings. The summed E-state index contributed by atoms with van der Waals surface area (Å²) < 4.78 is 64.1. The third-order valence-electron chi connectivity index (χ3n) is 4.15. The summed E-state index contributed by atoms with van der Waals surface area (Å²) in [5, 5.41) is 0.00822. The fourth-order valence-corrected chi connectivity index (χ4v) is 4.82. The van der Waals surface area contributed by atoms with Crippen molar-refractivity contribution in [1.82, 2.24) is 0 Å². The van der Waals surface area contributed by atoms with Gasteiger partial charge in [-0.2, -0.15) is 13.2 Å². The van der Waals surface area contributed by atoms with Gasteiger partial charge in [0.15, 0.2) is 0 Å². The van der Waals surface area contributed by atoms with E-state index < -0.39 is 38.6 Å². The van der Waals surface area contributed by atoms with Gasteiger partial charge in [-0.1, -0.05) is 17.7 Å². The molecule has 0 aromatic heterocycles. The highest BCUT2D eigenvalue weighted by Gasteiger charge is 2.48. The van der Waals surface area contributed by atoms with Crippen LogP contribution in [-0.2, 0) is 25.6 Å². The van der Waals surface area contributed by atoms with Crippen molar-refractivity contribution in [3.8, 4) is 0 Å². The Morgan fingerprint density at radius 3 is 2.50 bits per heavy atom. The molecule has 1 N–H and O–H groups in total. The summed E-state index contributed by atoms with van der Waals surface area (Å²) in [5.74, 6) is -2.29. The predicted octanol–water partition coefficient (Wildman–Crippen LogP) is 3.12. The van der Waals surface area contributed by atoms with Gasteiger partial charge in [-0.05, 0) is 36.4 Å². The number of nitrogens with zero attached hydrogens (tertiary/aromatic N) is 1. The summed E-state index contributed by atoms with van der Waals surface area (Å²) in [6, 6.07) is 7.48. The first-order valence-corrected chi connectivity index (χ1v) is 9.64. The average molecular weight is 433 g/mol. The van der Waals surface area contributed by atoms with Crippen LogP contribution in [0.2, 0.25) is 5.02 Å². The highest BCUT2D eigenvalue weighted by atomic mass is 35.5. The van der Waals surface area contributed by atoms with Crippen LogP contribution in [0.4, 0.5) is 24.5 Å². The molecule has 0 bridgehead atoms. The first-order valence-electron chi connectivity index (χ1n) is 7.72. The summed E-state index contributed by atoms with van der Waals surface area (Å²) in [4.78, 5) is 25.7. The van der Waals surface area contributed by atoms with Gasteiger partial charge in [0, 0.05) is 17.8 Å². The van der Waals surface area contributed by atoms with Gasteiger partial charge in [0.25, 0.3) is 11.8 Å². The molecule has 0 fully saturated rings. The monoisotopic (exact) mass is 432 g/mol. The highest BCUT2D eigenvalue weighted by Crippen LogP contribution is 2.36. The predicted molar refractivity (Wildman–Crippen MR) is 95.9 cm³/mol. The van der Waals surface area contributed by atoms with Gasteiger partial charge < -0.3 is 10.2 Å². The molecule has 1 unspecified atom stereocenters. The second-order valence-electron chi connectivity index (χ2n) is 6.00. The average Bonchev–Trinajstić information content (AvgIpc) is 2.59. The number of amides is 2. The van der Waals surface area contributed by atoms with Crippen LogP contribution in [0.3, 0.4) is 0 Å². The molecule has 0 spiro atoms. The molecular formula is C17H12ClF3N2O4S. The lowest BCUT2D eigenvalue weighted by atomic mass is 10.2. The van der Waals surface area contributed by atoms with Crippen molar-refractivity contribution in [3.05, 3.63) is 53.1 Å². The SMILES string of the molecule is CN1C(=O)C(C(=O)Nc2cccc(C(F)(F)F)c2)S(=O)(=O)c2cc(Cl)ccc21. The van der Waals surface area contributed by atoms with Gasteiger partial charge in [-0.15, -0.1) is 0 Å². The van der Waals surface area contributed by atoms with E-state index in [9.17, 15) is 31.2 Å². The van der Waals surface area contributed by atoms with Crippen LogP contribution in [0.1, 0.15) is 5.56 Å². The van der Waals surface area contributed by atoms with E-state index in [-0.39, 0.29) is 21.3 Å². The molecule has 1 aliphatic heterocycles. The van der Waals surface area contributed by atoms with Crippen molar-refractivity contribution < 1.29 is 31.2 Å². The molecule has 28 heavy (non-hydrogen) atoms. The molecule has 0 saturated carbocycles. The maximum Gasteiger partial charge on any atom is 0.416 e. The summed E-state index contributed by atoms with van der Waals surface area (Å²) in [6.07, 6.45) is -4.65. The first kappa shape index (κ1) is 20.2. The Labute approximate surface area is 162 Å². The van der Waals surface area contributed by atoms with Crippen LogP contribution in [0.15, 0.2) is 47.4 Å². The van der Waals surface area contributed by atoms with Gasteiger partial charge in [-0.25, -0.2) is 8.42 Å². The number of hydrogen-bond acceptors (Lipinski definition) is 4.